The lowest BCUT2D eigenvalue weighted by Crippen LogP contribution is -2.37. The molecule has 2 heterocycles. The zero-order valence-electron chi connectivity index (χ0n) is 69.0. The highest BCUT2D eigenvalue weighted by molar-refractivity contribution is 7.27. The molecular weight excluding hydrogens is 1520 g/mol. The van der Waals surface area contributed by atoms with E-state index < -0.39 is 16.1 Å². The minimum atomic E-state index is -1.48. The molecule has 0 N–H and O–H groups in total. The van der Waals surface area contributed by atoms with Crippen molar-refractivity contribution < 1.29 is 0 Å². The van der Waals surface area contributed by atoms with Crippen LogP contribution in [0.2, 0.25) is 39.3 Å². The van der Waals surface area contributed by atoms with Crippen LogP contribution in [0, 0.1) is 12.8 Å². The van der Waals surface area contributed by atoms with E-state index in [0.29, 0.717) is 5.92 Å². The minimum absolute atomic E-state index is 0.364. The highest BCUT2D eigenvalue weighted by atomic mass is 32.1. The van der Waals surface area contributed by atoms with Crippen molar-refractivity contribution in [2.45, 2.75) is 59.6 Å². The van der Waals surface area contributed by atoms with E-state index in [4.69, 9.17) is 0 Å². The summed E-state index contributed by atoms with van der Waals surface area (Å²) in [6.45, 7) is 23.0. The van der Waals surface area contributed by atoms with Crippen molar-refractivity contribution in [3.63, 3.8) is 0 Å². The summed E-state index contributed by atoms with van der Waals surface area (Å²) in [5.41, 5.74) is 16.3. The summed E-state index contributed by atoms with van der Waals surface area (Å²) in [5, 5.41) is 25.8. The average Bonchev–Trinajstić information content (AvgIpc) is 1.53. The fraction of sp³-hybridized carbons (Fsp3) is 0.0893. The Bertz CT molecular complexity index is 7520. The Labute approximate surface area is 712 Å². The highest BCUT2D eigenvalue weighted by Crippen LogP contribution is 2.52. The van der Waals surface area contributed by atoms with Crippen LogP contribution in [-0.4, -0.2) is 16.1 Å². The maximum absolute atomic E-state index is 4.28. The number of allylic oxidation sites excluding steroid dienone is 11. The fourth-order valence-electron chi connectivity index (χ4n) is 18.2. The number of nitrogens with zero attached hydrogens (tertiary/aromatic N) is 4. The van der Waals surface area contributed by atoms with Crippen molar-refractivity contribution in [2.24, 2.45) is 5.92 Å². The second-order valence-corrected chi connectivity index (χ2v) is 46.3. The molecule has 1 unspecified atom stereocenters. The van der Waals surface area contributed by atoms with Gasteiger partial charge < -0.3 is 19.6 Å². The van der Waals surface area contributed by atoms with E-state index in [1.165, 1.54) is 149 Å². The van der Waals surface area contributed by atoms with Crippen molar-refractivity contribution in [1.82, 2.24) is 0 Å². The number of aryl methyl sites for hydroxylation is 1. The topological polar surface area (TPSA) is 13.0 Å². The molecule has 580 valence electrons. The van der Waals surface area contributed by atoms with Gasteiger partial charge in [0.1, 0.15) is 0 Å². The Kier molecular flexibility index (Phi) is 19.5. The van der Waals surface area contributed by atoms with Crippen molar-refractivity contribution >= 4 is 222 Å². The van der Waals surface area contributed by atoms with Gasteiger partial charge in [-0.2, -0.15) is 0 Å². The summed E-state index contributed by atoms with van der Waals surface area (Å²) in [5.74, 6) is 0.364. The summed E-state index contributed by atoms with van der Waals surface area (Å²) in [6, 6.07) is 120. The molecule has 0 amide bonds. The first-order valence-electron chi connectivity index (χ1n) is 41.9. The van der Waals surface area contributed by atoms with Crippen LogP contribution in [0.4, 0.5) is 56.9 Å². The second-order valence-electron chi connectivity index (χ2n) is 34.0. The molecular formula is C112H92N4S2Si2. The van der Waals surface area contributed by atoms with E-state index in [-0.39, 0.29) is 0 Å². The molecule has 21 rings (SSSR count). The molecule has 0 saturated heterocycles. The molecule has 0 saturated carbocycles. The van der Waals surface area contributed by atoms with Gasteiger partial charge in [-0.3, -0.25) is 0 Å². The van der Waals surface area contributed by atoms with Gasteiger partial charge in [0.05, 0.1) is 21.8 Å². The molecule has 0 spiro atoms. The third-order valence-corrected chi connectivity index (χ3v) is 30.9. The summed E-state index contributed by atoms with van der Waals surface area (Å²) < 4.78 is 5.20. The smallest absolute Gasteiger partial charge is 0.0775 e. The van der Waals surface area contributed by atoms with Gasteiger partial charge in [-0.25, -0.2) is 0 Å². The zero-order chi connectivity index (χ0) is 81.5. The summed E-state index contributed by atoms with van der Waals surface area (Å²) in [4.78, 5) is 9.67. The van der Waals surface area contributed by atoms with Gasteiger partial charge in [-0.1, -0.05) is 311 Å². The Morgan fingerprint density at radius 1 is 0.367 bits per heavy atom. The van der Waals surface area contributed by atoms with E-state index in [0.717, 1.165) is 63.3 Å². The average molecular weight is 1610 g/mol. The standard InChI is InChI=1S/C58H50N2SSi2.C54H42N2S/c1-62(2,3)49-29-23-43(24-30-49)59(45-21-19-39-13-7-9-15-41(39)35-45)47-27-33-53-55(37-47)51-17-11-12-18-52(51)57-54-34-28-48(38-56(54)61-58(53)57)60(44-25-31-50(32-26-44)63(4,5)6)46-22-20-40-14-8-10-16-42(40)36-46;1-4-6-19-39(5-2)55(50-24-13-17-37-15-7-9-20-43(37)50)42-31-33-48-52(35-42)57-54-47-32-30-41(34-49(47)45-22-11-12-23-46(45)53(48)54)56(40-28-26-36(3)27-29-40)51-25-14-18-38-16-8-10-21-44(38)51/h7-38H,1-6H3;4-16,18-35,37H,2,17H2,1,3H3/b;6-4+,39-19+. The largest absolute Gasteiger partial charge is 0.310 e. The van der Waals surface area contributed by atoms with Crippen molar-refractivity contribution in [3.8, 4) is 0 Å². The number of thiophene rings is 2. The molecule has 17 aromatic carbocycles. The van der Waals surface area contributed by atoms with Gasteiger partial charge in [-0.15, -0.1) is 22.7 Å². The number of fused-ring (bicyclic) bond motifs is 20. The first kappa shape index (κ1) is 75.6. The quantitative estimate of drug-likeness (QED) is 0.0543. The molecule has 0 aliphatic heterocycles. The van der Waals surface area contributed by atoms with Gasteiger partial charge in [0.15, 0.2) is 0 Å². The summed E-state index contributed by atoms with van der Waals surface area (Å²) in [7, 11) is -2.94. The molecule has 2 aliphatic carbocycles. The molecule has 0 radical (unpaired) electrons. The van der Waals surface area contributed by atoms with E-state index in [2.05, 4.69) is 456 Å². The van der Waals surface area contributed by atoms with Crippen LogP contribution in [-0.2, 0) is 0 Å². The summed E-state index contributed by atoms with van der Waals surface area (Å²) >= 11 is 3.81. The maximum atomic E-state index is 4.28. The van der Waals surface area contributed by atoms with Gasteiger partial charge >= 0.3 is 0 Å². The van der Waals surface area contributed by atoms with E-state index >= 15 is 0 Å². The second kappa shape index (κ2) is 30.9. The lowest BCUT2D eigenvalue weighted by molar-refractivity contribution is 0.761. The Morgan fingerprint density at radius 3 is 1.32 bits per heavy atom. The van der Waals surface area contributed by atoms with Gasteiger partial charge in [0.25, 0.3) is 0 Å². The first-order chi connectivity index (χ1) is 58.6. The Hall–Kier alpha value is -13.2. The summed E-state index contributed by atoms with van der Waals surface area (Å²) in [6.07, 6.45) is 22.8. The molecule has 4 nitrogen and oxygen atoms in total. The van der Waals surface area contributed by atoms with E-state index in [9.17, 15) is 0 Å². The van der Waals surface area contributed by atoms with Gasteiger partial charge in [0.2, 0.25) is 0 Å². The molecule has 2 aliphatic rings. The number of hydrogen-bond acceptors (Lipinski definition) is 6. The lowest BCUT2D eigenvalue weighted by Gasteiger charge is -2.33. The van der Waals surface area contributed by atoms with Gasteiger partial charge in [-0.05, 0) is 219 Å². The normalized spacial score (nSPS) is 13.8. The molecule has 1 atom stereocenters. The third kappa shape index (κ3) is 13.7. The van der Waals surface area contributed by atoms with E-state index in [1.807, 2.05) is 28.7 Å². The molecule has 8 heteroatoms. The van der Waals surface area contributed by atoms with Crippen LogP contribution < -0.4 is 30.0 Å². The number of hydrogen-bond donors (Lipinski definition) is 0. The molecule has 0 bridgehead atoms. The van der Waals surface area contributed by atoms with Crippen molar-refractivity contribution in [1.29, 1.82) is 0 Å². The monoisotopic (exact) mass is 1610 g/mol. The zero-order valence-corrected chi connectivity index (χ0v) is 72.6. The van der Waals surface area contributed by atoms with E-state index in [1.54, 1.807) is 0 Å². The number of anilines is 10. The van der Waals surface area contributed by atoms with Crippen LogP contribution in [0.25, 0.3) is 116 Å². The first-order valence-corrected chi connectivity index (χ1v) is 50.5. The third-order valence-electron chi connectivity index (χ3n) is 24.4. The molecule has 19 aromatic rings. The predicted molar refractivity (Wildman–Crippen MR) is 534 cm³/mol. The molecule has 2 aromatic heterocycles. The lowest BCUT2D eigenvalue weighted by atomic mass is 9.86. The Morgan fingerprint density at radius 2 is 0.792 bits per heavy atom. The minimum Gasteiger partial charge on any atom is -0.310 e. The number of rotatable bonds is 16. The van der Waals surface area contributed by atoms with Crippen LogP contribution in [0.3, 0.4) is 0 Å². The highest BCUT2D eigenvalue weighted by Gasteiger charge is 2.28. The molecule has 120 heavy (non-hydrogen) atoms. The SMILES string of the molecule is C=C/C(=C\C=C\C)N(C1=C2C=CC=CC2CC=C1)c1ccc2c(c1)sc1c3ccc(N(c4ccc(C)cc4)c4cccc5ccccc45)cc3c3ccccc3c21.C[Si](C)(C)c1ccc(N(c2ccc3ccccc3c2)c2ccc3c(c2)sc2c4ccc(N(c5ccc([Si](C)(C)C)cc5)c5ccc6ccccc6c5)cc4c4ccccc4c32)cc1. The predicted octanol–water partition coefficient (Wildman–Crippen LogP) is 32.4. The maximum Gasteiger partial charge on any atom is 0.0775 e. The van der Waals surface area contributed by atoms with Crippen LogP contribution >= 0.6 is 22.7 Å². The number of benzene rings is 17. The van der Waals surface area contributed by atoms with Gasteiger partial charge in [0, 0.05) is 125 Å². The van der Waals surface area contributed by atoms with Crippen LogP contribution in [0.5, 0.6) is 0 Å². The van der Waals surface area contributed by atoms with Crippen molar-refractivity contribution in [3.05, 3.63) is 411 Å². The van der Waals surface area contributed by atoms with Crippen LogP contribution in [0.1, 0.15) is 18.9 Å². The van der Waals surface area contributed by atoms with Crippen molar-refractivity contribution in [2.75, 3.05) is 19.6 Å². The molecule has 0 fully saturated rings. The Balaban J connectivity index is 0.000000154. The fourth-order valence-corrected chi connectivity index (χ4v) is 23.2. The van der Waals surface area contributed by atoms with Crippen LogP contribution in [0.15, 0.2) is 406 Å².